The summed E-state index contributed by atoms with van der Waals surface area (Å²) in [7, 11) is 0. The van der Waals surface area contributed by atoms with Crippen LogP contribution in [0.2, 0.25) is 0 Å². The van der Waals surface area contributed by atoms with Crippen LogP contribution in [0.3, 0.4) is 0 Å². The van der Waals surface area contributed by atoms with E-state index in [0.29, 0.717) is 18.1 Å². The largest absolute Gasteiger partial charge is 0.352 e. The maximum absolute atomic E-state index is 12.5. The zero-order chi connectivity index (χ0) is 17.8. The van der Waals surface area contributed by atoms with Gasteiger partial charge < -0.3 is 15.2 Å². The van der Waals surface area contributed by atoms with Crippen molar-refractivity contribution < 1.29 is 4.79 Å². The third-order valence-corrected chi connectivity index (χ3v) is 4.56. The SMILES string of the molecule is Cc1cc(C)c(CNC(=O)[C@H]2CCCN(c3ncccn3)C2)c(=O)[nH]1. The van der Waals surface area contributed by atoms with Gasteiger partial charge in [0.1, 0.15) is 0 Å². The third kappa shape index (κ3) is 4.04. The zero-order valence-corrected chi connectivity index (χ0v) is 14.6. The first-order chi connectivity index (χ1) is 12.0. The first-order valence-corrected chi connectivity index (χ1v) is 8.53. The molecule has 0 bridgehead atoms. The number of rotatable bonds is 4. The van der Waals surface area contributed by atoms with E-state index in [0.717, 1.165) is 30.6 Å². The van der Waals surface area contributed by atoms with Crippen molar-refractivity contribution in [2.75, 3.05) is 18.0 Å². The van der Waals surface area contributed by atoms with E-state index < -0.39 is 0 Å². The number of piperidine rings is 1. The summed E-state index contributed by atoms with van der Waals surface area (Å²) >= 11 is 0. The molecule has 0 radical (unpaired) electrons. The molecule has 3 heterocycles. The summed E-state index contributed by atoms with van der Waals surface area (Å²) in [6.45, 7) is 5.43. The maximum Gasteiger partial charge on any atom is 0.253 e. The van der Waals surface area contributed by atoms with Gasteiger partial charge in [0.05, 0.1) is 5.92 Å². The molecule has 1 saturated heterocycles. The Hall–Kier alpha value is -2.70. The molecule has 7 nitrogen and oxygen atoms in total. The summed E-state index contributed by atoms with van der Waals surface area (Å²) in [6, 6.07) is 3.69. The van der Waals surface area contributed by atoms with E-state index in [4.69, 9.17) is 0 Å². The second-order valence-corrected chi connectivity index (χ2v) is 6.49. The number of aromatic amines is 1. The first-order valence-electron chi connectivity index (χ1n) is 8.53. The smallest absolute Gasteiger partial charge is 0.253 e. The predicted octanol–water partition coefficient (Wildman–Crippen LogP) is 1.31. The van der Waals surface area contributed by atoms with Crippen LogP contribution >= 0.6 is 0 Å². The molecule has 1 atom stereocenters. The Kier molecular flexibility index (Phi) is 5.11. The topological polar surface area (TPSA) is 91.0 Å². The van der Waals surface area contributed by atoms with Crippen LogP contribution in [-0.2, 0) is 11.3 Å². The van der Waals surface area contributed by atoms with Crippen molar-refractivity contribution >= 4 is 11.9 Å². The molecule has 1 fully saturated rings. The summed E-state index contributed by atoms with van der Waals surface area (Å²) < 4.78 is 0. The Morgan fingerprint density at radius 1 is 1.36 bits per heavy atom. The summed E-state index contributed by atoms with van der Waals surface area (Å²) in [4.78, 5) is 37.9. The van der Waals surface area contributed by atoms with Crippen LogP contribution in [0.15, 0.2) is 29.3 Å². The fourth-order valence-corrected chi connectivity index (χ4v) is 3.25. The summed E-state index contributed by atoms with van der Waals surface area (Å²) in [5, 5.41) is 2.92. The van der Waals surface area contributed by atoms with Crippen LogP contribution in [-0.4, -0.2) is 33.9 Å². The molecule has 1 aliphatic rings. The molecule has 2 aromatic rings. The molecule has 2 N–H and O–H groups in total. The van der Waals surface area contributed by atoms with Gasteiger partial charge in [0.25, 0.3) is 5.56 Å². The van der Waals surface area contributed by atoms with Gasteiger partial charge in [-0.25, -0.2) is 9.97 Å². The Morgan fingerprint density at radius 2 is 2.12 bits per heavy atom. The maximum atomic E-state index is 12.5. The number of pyridine rings is 1. The number of aromatic nitrogens is 3. The molecule has 132 valence electrons. The molecule has 3 rings (SSSR count). The van der Waals surface area contributed by atoms with Crippen molar-refractivity contribution in [3.63, 3.8) is 0 Å². The molecule has 1 aliphatic heterocycles. The molecule has 0 unspecified atom stereocenters. The molecular weight excluding hydrogens is 318 g/mol. The van der Waals surface area contributed by atoms with E-state index in [1.165, 1.54) is 0 Å². The van der Waals surface area contributed by atoms with Crippen LogP contribution < -0.4 is 15.8 Å². The third-order valence-electron chi connectivity index (χ3n) is 4.56. The minimum Gasteiger partial charge on any atom is -0.352 e. The number of carbonyl (C=O) groups is 1. The minimum atomic E-state index is -0.138. The van der Waals surface area contributed by atoms with Gasteiger partial charge in [0.15, 0.2) is 0 Å². The van der Waals surface area contributed by atoms with E-state index in [-0.39, 0.29) is 23.9 Å². The fourth-order valence-electron chi connectivity index (χ4n) is 3.25. The number of hydrogen-bond donors (Lipinski definition) is 2. The van der Waals surface area contributed by atoms with Crippen LogP contribution in [0.1, 0.15) is 29.7 Å². The molecular formula is C18H23N5O2. The average Bonchev–Trinajstić information content (AvgIpc) is 2.61. The Labute approximate surface area is 146 Å². The Bertz CT molecular complexity index is 803. The number of H-pyrrole nitrogens is 1. The predicted molar refractivity (Wildman–Crippen MR) is 95.4 cm³/mol. The van der Waals surface area contributed by atoms with Crippen molar-refractivity contribution in [2.24, 2.45) is 5.92 Å². The van der Waals surface area contributed by atoms with E-state index in [2.05, 4.69) is 20.3 Å². The monoisotopic (exact) mass is 341 g/mol. The zero-order valence-electron chi connectivity index (χ0n) is 14.6. The molecule has 25 heavy (non-hydrogen) atoms. The lowest BCUT2D eigenvalue weighted by atomic mass is 9.97. The molecule has 0 saturated carbocycles. The van der Waals surface area contributed by atoms with Crippen LogP contribution in [0, 0.1) is 19.8 Å². The van der Waals surface area contributed by atoms with E-state index in [9.17, 15) is 9.59 Å². The lowest BCUT2D eigenvalue weighted by molar-refractivity contribution is -0.125. The van der Waals surface area contributed by atoms with Crippen molar-refractivity contribution in [1.82, 2.24) is 20.3 Å². The van der Waals surface area contributed by atoms with Gasteiger partial charge in [-0.05, 0) is 44.4 Å². The van der Waals surface area contributed by atoms with E-state index >= 15 is 0 Å². The van der Waals surface area contributed by atoms with Gasteiger partial charge in [-0.15, -0.1) is 0 Å². The van der Waals surface area contributed by atoms with Crippen LogP contribution in [0.25, 0.3) is 0 Å². The summed E-state index contributed by atoms with van der Waals surface area (Å²) in [5.74, 6) is 0.508. The van der Waals surface area contributed by atoms with Crippen molar-refractivity contribution in [3.8, 4) is 0 Å². The second kappa shape index (κ2) is 7.46. The minimum absolute atomic E-state index is 0.0278. The highest BCUT2D eigenvalue weighted by atomic mass is 16.2. The van der Waals surface area contributed by atoms with Crippen LogP contribution in [0.5, 0.6) is 0 Å². The van der Waals surface area contributed by atoms with E-state index in [1.54, 1.807) is 18.5 Å². The molecule has 2 aromatic heterocycles. The molecule has 7 heteroatoms. The quantitative estimate of drug-likeness (QED) is 0.875. The van der Waals surface area contributed by atoms with Gasteiger partial charge >= 0.3 is 0 Å². The Morgan fingerprint density at radius 3 is 2.84 bits per heavy atom. The van der Waals surface area contributed by atoms with Crippen molar-refractivity contribution in [3.05, 3.63) is 51.7 Å². The summed E-state index contributed by atoms with van der Waals surface area (Å²) in [6.07, 6.45) is 5.16. The van der Waals surface area contributed by atoms with Gasteiger partial charge in [0.2, 0.25) is 11.9 Å². The van der Waals surface area contributed by atoms with Gasteiger partial charge in [-0.2, -0.15) is 0 Å². The molecule has 0 aromatic carbocycles. The number of nitrogens with one attached hydrogen (secondary N) is 2. The van der Waals surface area contributed by atoms with Crippen molar-refractivity contribution in [2.45, 2.75) is 33.2 Å². The van der Waals surface area contributed by atoms with Gasteiger partial charge in [0, 0.05) is 43.3 Å². The number of amides is 1. The second-order valence-electron chi connectivity index (χ2n) is 6.49. The van der Waals surface area contributed by atoms with E-state index in [1.807, 2.05) is 24.8 Å². The number of carbonyl (C=O) groups excluding carboxylic acids is 1. The summed E-state index contributed by atoms with van der Waals surface area (Å²) in [5.41, 5.74) is 2.19. The number of hydrogen-bond acceptors (Lipinski definition) is 5. The number of nitrogens with zero attached hydrogens (tertiary/aromatic N) is 3. The fraction of sp³-hybridized carbons (Fsp3) is 0.444. The van der Waals surface area contributed by atoms with Gasteiger partial charge in [-0.3, -0.25) is 9.59 Å². The molecule has 1 amide bonds. The average molecular weight is 341 g/mol. The Balaban J connectivity index is 1.63. The number of aryl methyl sites for hydroxylation is 2. The molecule has 0 spiro atoms. The standard InChI is InChI=1S/C18H23N5O2/c1-12-9-13(2)22-17(25)15(12)10-21-16(24)14-5-3-8-23(11-14)18-19-6-4-7-20-18/h4,6-7,9,14H,3,5,8,10-11H2,1-2H3,(H,21,24)(H,22,25)/t14-/m0/s1. The number of anilines is 1. The first kappa shape index (κ1) is 17.1. The van der Waals surface area contributed by atoms with Gasteiger partial charge in [-0.1, -0.05) is 0 Å². The van der Waals surface area contributed by atoms with Crippen LogP contribution in [0.4, 0.5) is 5.95 Å². The lowest BCUT2D eigenvalue weighted by Crippen LogP contribution is -2.44. The lowest BCUT2D eigenvalue weighted by Gasteiger charge is -2.31. The highest BCUT2D eigenvalue weighted by Crippen LogP contribution is 2.20. The molecule has 0 aliphatic carbocycles. The highest BCUT2D eigenvalue weighted by Gasteiger charge is 2.27. The highest BCUT2D eigenvalue weighted by molar-refractivity contribution is 5.79. The normalized spacial score (nSPS) is 17.4. The van der Waals surface area contributed by atoms with Crippen molar-refractivity contribution in [1.29, 1.82) is 0 Å².